The van der Waals surface area contributed by atoms with Crippen molar-refractivity contribution in [3.05, 3.63) is 29.3 Å². The summed E-state index contributed by atoms with van der Waals surface area (Å²) in [6.45, 7) is 9.85. The van der Waals surface area contributed by atoms with Gasteiger partial charge in [0.2, 0.25) is 15.9 Å². The Morgan fingerprint density at radius 1 is 1.07 bits per heavy atom. The SMILES string of the molecule is Cc1ccc(S(=O)(=O)N2CCC(C(=O)N3CCCC3C(C)C)CC2)c(C)c1. The monoisotopic (exact) mass is 392 g/mol. The van der Waals surface area contributed by atoms with Gasteiger partial charge in [-0.25, -0.2) is 8.42 Å². The zero-order valence-electron chi connectivity index (χ0n) is 16.9. The number of piperidine rings is 1. The molecule has 150 valence electrons. The largest absolute Gasteiger partial charge is 0.339 e. The molecule has 2 saturated heterocycles. The van der Waals surface area contributed by atoms with Gasteiger partial charge in [0.1, 0.15) is 0 Å². The van der Waals surface area contributed by atoms with Crippen molar-refractivity contribution >= 4 is 15.9 Å². The van der Waals surface area contributed by atoms with E-state index in [2.05, 4.69) is 18.7 Å². The van der Waals surface area contributed by atoms with Crippen LogP contribution in [0.25, 0.3) is 0 Å². The van der Waals surface area contributed by atoms with Crippen molar-refractivity contribution in [1.29, 1.82) is 0 Å². The third kappa shape index (κ3) is 4.06. The van der Waals surface area contributed by atoms with Crippen LogP contribution in [0.3, 0.4) is 0 Å². The summed E-state index contributed by atoms with van der Waals surface area (Å²) >= 11 is 0. The number of hydrogen-bond acceptors (Lipinski definition) is 3. The van der Waals surface area contributed by atoms with Crippen LogP contribution in [0.5, 0.6) is 0 Å². The fraction of sp³-hybridized carbons (Fsp3) is 0.667. The molecule has 0 N–H and O–H groups in total. The second-order valence-electron chi connectivity index (χ2n) is 8.43. The van der Waals surface area contributed by atoms with Gasteiger partial charge in [0.25, 0.3) is 0 Å². The summed E-state index contributed by atoms with van der Waals surface area (Å²) < 4.78 is 27.6. The minimum atomic E-state index is -3.49. The molecule has 0 saturated carbocycles. The lowest BCUT2D eigenvalue weighted by atomic mass is 9.94. The van der Waals surface area contributed by atoms with Crippen LogP contribution in [0.1, 0.15) is 50.7 Å². The van der Waals surface area contributed by atoms with Gasteiger partial charge < -0.3 is 4.90 Å². The molecule has 0 aliphatic carbocycles. The zero-order valence-corrected chi connectivity index (χ0v) is 17.8. The number of benzene rings is 1. The van der Waals surface area contributed by atoms with Crippen LogP contribution < -0.4 is 0 Å². The highest BCUT2D eigenvalue weighted by molar-refractivity contribution is 7.89. The van der Waals surface area contributed by atoms with Gasteiger partial charge in [0.05, 0.1) is 4.90 Å². The zero-order chi connectivity index (χ0) is 19.8. The molecule has 1 unspecified atom stereocenters. The van der Waals surface area contributed by atoms with E-state index in [1.807, 2.05) is 26.0 Å². The number of aryl methyl sites for hydroxylation is 2. The summed E-state index contributed by atoms with van der Waals surface area (Å²) in [4.78, 5) is 15.4. The first-order valence-corrected chi connectivity index (χ1v) is 11.5. The Morgan fingerprint density at radius 3 is 2.33 bits per heavy atom. The van der Waals surface area contributed by atoms with Crippen molar-refractivity contribution in [2.75, 3.05) is 19.6 Å². The van der Waals surface area contributed by atoms with E-state index in [1.165, 1.54) is 0 Å². The molecule has 5 nitrogen and oxygen atoms in total. The molecule has 1 amide bonds. The first-order valence-electron chi connectivity index (χ1n) is 10.1. The maximum absolute atomic E-state index is 13.0. The summed E-state index contributed by atoms with van der Waals surface area (Å²) in [5, 5.41) is 0. The maximum Gasteiger partial charge on any atom is 0.243 e. The quantitative estimate of drug-likeness (QED) is 0.789. The Morgan fingerprint density at radius 2 is 1.74 bits per heavy atom. The molecule has 1 aromatic carbocycles. The van der Waals surface area contributed by atoms with Gasteiger partial charge in [0, 0.05) is 31.6 Å². The maximum atomic E-state index is 13.0. The number of hydrogen-bond donors (Lipinski definition) is 0. The van der Waals surface area contributed by atoms with Crippen molar-refractivity contribution in [1.82, 2.24) is 9.21 Å². The molecule has 3 rings (SSSR count). The van der Waals surface area contributed by atoms with Crippen molar-refractivity contribution < 1.29 is 13.2 Å². The predicted octanol–water partition coefficient (Wildman–Crippen LogP) is 3.35. The lowest BCUT2D eigenvalue weighted by molar-refractivity contribution is -0.138. The fourth-order valence-corrected chi connectivity index (χ4v) is 6.24. The van der Waals surface area contributed by atoms with Gasteiger partial charge in [-0.1, -0.05) is 31.5 Å². The Hall–Kier alpha value is -1.40. The lowest BCUT2D eigenvalue weighted by Gasteiger charge is -2.35. The van der Waals surface area contributed by atoms with Crippen LogP contribution in [0.15, 0.2) is 23.1 Å². The van der Waals surface area contributed by atoms with Crippen molar-refractivity contribution in [3.8, 4) is 0 Å². The molecule has 0 bridgehead atoms. The van der Waals surface area contributed by atoms with Crippen molar-refractivity contribution in [3.63, 3.8) is 0 Å². The van der Waals surface area contributed by atoms with E-state index in [0.29, 0.717) is 42.8 Å². The molecule has 1 atom stereocenters. The molecule has 2 heterocycles. The van der Waals surface area contributed by atoms with Crippen LogP contribution in [0, 0.1) is 25.7 Å². The van der Waals surface area contributed by atoms with E-state index in [-0.39, 0.29) is 11.8 Å². The number of nitrogens with zero attached hydrogens (tertiary/aromatic N) is 2. The Balaban J connectivity index is 1.67. The summed E-state index contributed by atoms with van der Waals surface area (Å²) in [5.74, 6) is 0.658. The summed E-state index contributed by atoms with van der Waals surface area (Å²) in [5.41, 5.74) is 1.84. The molecule has 2 aliphatic rings. The highest BCUT2D eigenvalue weighted by Gasteiger charge is 2.38. The molecule has 6 heteroatoms. The topological polar surface area (TPSA) is 57.7 Å². The molecule has 0 spiro atoms. The molecule has 27 heavy (non-hydrogen) atoms. The molecular formula is C21H32N2O3S. The smallest absolute Gasteiger partial charge is 0.243 e. The summed E-state index contributed by atoms with van der Waals surface area (Å²) in [7, 11) is -3.49. The van der Waals surface area contributed by atoms with E-state index in [0.717, 1.165) is 30.5 Å². The number of sulfonamides is 1. The average Bonchev–Trinajstić information content (AvgIpc) is 3.11. The number of amides is 1. The van der Waals surface area contributed by atoms with E-state index in [9.17, 15) is 13.2 Å². The first-order chi connectivity index (χ1) is 12.7. The predicted molar refractivity (Wildman–Crippen MR) is 107 cm³/mol. The third-order valence-electron chi connectivity index (χ3n) is 6.10. The Kier molecular flexibility index (Phi) is 5.96. The average molecular weight is 393 g/mol. The molecule has 0 aromatic heterocycles. The van der Waals surface area contributed by atoms with Crippen LogP contribution >= 0.6 is 0 Å². The van der Waals surface area contributed by atoms with E-state index in [4.69, 9.17) is 0 Å². The number of rotatable bonds is 4. The first kappa shape index (κ1) is 20.3. The van der Waals surface area contributed by atoms with Crippen molar-refractivity contribution in [2.45, 2.75) is 64.3 Å². The van der Waals surface area contributed by atoms with E-state index in [1.54, 1.807) is 10.4 Å². The van der Waals surface area contributed by atoms with Crippen molar-refractivity contribution in [2.24, 2.45) is 11.8 Å². The fourth-order valence-electron chi connectivity index (χ4n) is 4.56. The Labute approximate surface area is 163 Å². The van der Waals surface area contributed by atoms with Crippen LogP contribution in [0.4, 0.5) is 0 Å². The van der Waals surface area contributed by atoms with Gasteiger partial charge in [-0.3, -0.25) is 4.79 Å². The third-order valence-corrected chi connectivity index (χ3v) is 8.16. The van der Waals surface area contributed by atoms with E-state index < -0.39 is 10.0 Å². The number of likely N-dealkylation sites (tertiary alicyclic amines) is 1. The summed E-state index contributed by atoms with van der Waals surface area (Å²) in [6.07, 6.45) is 3.40. The van der Waals surface area contributed by atoms with Gasteiger partial charge >= 0.3 is 0 Å². The summed E-state index contributed by atoms with van der Waals surface area (Å²) in [6, 6.07) is 5.79. The minimum absolute atomic E-state index is 0.0464. The standard InChI is InChI=1S/C21H32N2O3S/c1-15(2)19-6-5-11-23(19)21(24)18-9-12-22(13-10-18)27(25,26)20-8-7-16(3)14-17(20)4/h7-8,14-15,18-19H,5-6,9-13H2,1-4H3. The number of carbonyl (C=O) groups is 1. The van der Waals surface area contributed by atoms with E-state index >= 15 is 0 Å². The Bertz CT molecular complexity index is 796. The molecule has 1 aromatic rings. The van der Waals surface area contributed by atoms with Gasteiger partial charge in [0.15, 0.2) is 0 Å². The van der Waals surface area contributed by atoms with Crippen LogP contribution in [0.2, 0.25) is 0 Å². The molecule has 2 aliphatic heterocycles. The lowest BCUT2D eigenvalue weighted by Crippen LogP contribution is -2.46. The number of carbonyl (C=O) groups excluding carboxylic acids is 1. The highest BCUT2D eigenvalue weighted by Crippen LogP contribution is 2.30. The van der Waals surface area contributed by atoms with Gasteiger partial charge in [-0.15, -0.1) is 0 Å². The molecule has 2 fully saturated rings. The molecular weight excluding hydrogens is 360 g/mol. The normalized spacial score (nSPS) is 22.6. The van der Waals surface area contributed by atoms with Crippen LogP contribution in [-0.4, -0.2) is 49.2 Å². The van der Waals surface area contributed by atoms with Gasteiger partial charge in [-0.05, 0) is 57.1 Å². The molecule has 0 radical (unpaired) electrons. The highest BCUT2D eigenvalue weighted by atomic mass is 32.2. The van der Waals surface area contributed by atoms with Gasteiger partial charge in [-0.2, -0.15) is 4.31 Å². The van der Waals surface area contributed by atoms with Crippen LogP contribution in [-0.2, 0) is 14.8 Å². The second-order valence-corrected chi connectivity index (χ2v) is 10.3. The second kappa shape index (κ2) is 7.92. The minimum Gasteiger partial charge on any atom is -0.339 e.